The maximum absolute atomic E-state index is 5.50. The van der Waals surface area contributed by atoms with Crippen LogP contribution in [-0.2, 0) is 6.67 Å². The fourth-order valence-corrected chi connectivity index (χ4v) is 4.08. The van der Waals surface area contributed by atoms with E-state index in [9.17, 15) is 0 Å². The summed E-state index contributed by atoms with van der Waals surface area (Å²) in [5.74, 6) is 2.57. The Kier molecular flexibility index (Phi) is 4.46. The number of para-hydroxylation sites is 1. The van der Waals surface area contributed by atoms with Crippen molar-refractivity contribution in [3.05, 3.63) is 60.2 Å². The van der Waals surface area contributed by atoms with Crippen molar-refractivity contribution in [2.24, 2.45) is 0 Å². The predicted molar refractivity (Wildman–Crippen MR) is 99.4 cm³/mol. The molecule has 1 unspecified atom stereocenters. The first-order valence-electron chi connectivity index (χ1n) is 8.26. The number of methoxy groups -OCH3 is 1. The monoisotopic (exact) mass is 352 g/mol. The molecule has 0 N–H and O–H groups in total. The first kappa shape index (κ1) is 16.2. The van der Waals surface area contributed by atoms with Crippen LogP contribution in [0.25, 0.3) is 11.4 Å². The molecule has 25 heavy (non-hydrogen) atoms. The molecule has 2 heterocycles. The van der Waals surface area contributed by atoms with Gasteiger partial charge in [-0.2, -0.15) is 0 Å². The molecule has 0 amide bonds. The summed E-state index contributed by atoms with van der Waals surface area (Å²) in [6, 6.07) is 18.9. The van der Waals surface area contributed by atoms with Gasteiger partial charge >= 0.3 is 0 Å². The van der Waals surface area contributed by atoms with Crippen LogP contribution in [0.5, 0.6) is 5.75 Å². The fraction of sp³-hybridized carbons (Fsp3) is 0.263. The molecule has 0 spiro atoms. The second kappa shape index (κ2) is 6.90. The van der Waals surface area contributed by atoms with Gasteiger partial charge in [-0.25, -0.2) is 0 Å². The zero-order valence-corrected chi connectivity index (χ0v) is 15.1. The maximum Gasteiger partial charge on any atom is 0.193 e. The topological polar surface area (TPSA) is 43.2 Å². The van der Waals surface area contributed by atoms with E-state index in [1.165, 1.54) is 5.56 Å². The summed E-state index contributed by atoms with van der Waals surface area (Å²) in [5, 5.41) is 9.75. The fourth-order valence-electron chi connectivity index (χ4n) is 3.09. The quantitative estimate of drug-likeness (QED) is 0.709. The van der Waals surface area contributed by atoms with E-state index in [2.05, 4.69) is 56.9 Å². The molecule has 1 aliphatic rings. The minimum absolute atomic E-state index is 0.328. The van der Waals surface area contributed by atoms with Gasteiger partial charge in [-0.3, -0.25) is 9.47 Å². The molecule has 1 aromatic heterocycles. The van der Waals surface area contributed by atoms with Crippen molar-refractivity contribution < 1.29 is 4.74 Å². The van der Waals surface area contributed by atoms with E-state index in [0.29, 0.717) is 6.04 Å². The number of fused-ring (bicyclic) bond motifs is 1. The summed E-state index contributed by atoms with van der Waals surface area (Å²) >= 11 is 1.72. The molecule has 0 aliphatic carbocycles. The molecule has 3 aromatic rings. The zero-order valence-electron chi connectivity index (χ0n) is 14.3. The molecule has 0 saturated heterocycles. The van der Waals surface area contributed by atoms with Crippen LogP contribution in [0, 0.1) is 0 Å². The Balaban J connectivity index is 1.66. The van der Waals surface area contributed by atoms with Crippen molar-refractivity contribution in [3.63, 3.8) is 0 Å². The molecule has 5 nitrogen and oxygen atoms in total. The number of hydrogen-bond donors (Lipinski definition) is 0. The molecular formula is C19H20N4OS. The molecule has 128 valence electrons. The maximum atomic E-state index is 5.50. The molecule has 0 fully saturated rings. The van der Waals surface area contributed by atoms with E-state index in [0.717, 1.165) is 34.8 Å². The van der Waals surface area contributed by atoms with Crippen LogP contribution < -0.4 is 4.74 Å². The molecule has 6 heteroatoms. The first-order valence-corrected chi connectivity index (χ1v) is 9.25. The third-order valence-corrected chi connectivity index (χ3v) is 5.60. The lowest BCUT2D eigenvalue weighted by atomic mass is 10.1. The van der Waals surface area contributed by atoms with Crippen LogP contribution in [0.15, 0.2) is 59.8 Å². The van der Waals surface area contributed by atoms with Gasteiger partial charge in [0.15, 0.2) is 11.0 Å². The van der Waals surface area contributed by atoms with E-state index in [1.54, 1.807) is 18.9 Å². The molecule has 2 aromatic carbocycles. The summed E-state index contributed by atoms with van der Waals surface area (Å²) in [4.78, 5) is 2.43. The summed E-state index contributed by atoms with van der Waals surface area (Å²) in [6.45, 7) is 3.01. The summed E-state index contributed by atoms with van der Waals surface area (Å²) in [6.07, 6.45) is 0. The molecule has 0 radical (unpaired) electrons. The number of rotatable bonds is 4. The van der Waals surface area contributed by atoms with E-state index in [-0.39, 0.29) is 0 Å². The second-order valence-corrected chi connectivity index (χ2v) is 6.94. The lowest BCUT2D eigenvalue weighted by Crippen LogP contribution is -2.33. The highest BCUT2D eigenvalue weighted by molar-refractivity contribution is 7.99. The van der Waals surface area contributed by atoms with Crippen LogP contribution in [0.3, 0.4) is 0 Å². The summed E-state index contributed by atoms with van der Waals surface area (Å²) < 4.78 is 7.67. The van der Waals surface area contributed by atoms with Crippen LogP contribution in [0.2, 0.25) is 0 Å². The average molecular weight is 352 g/mol. The van der Waals surface area contributed by atoms with Crippen molar-refractivity contribution >= 4 is 11.8 Å². The highest BCUT2D eigenvalue weighted by Crippen LogP contribution is 2.35. The van der Waals surface area contributed by atoms with Gasteiger partial charge in [-0.05, 0) is 24.6 Å². The molecule has 0 saturated carbocycles. The number of hydrogen-bond acceptors (Lipinski definition) is 5. The van der Waals surface area contributed by atoms with Gasteiger partial charge in [0, 0.05) is 6.04 Å². The van der Waals surface area contributed by atoms with Gasteiger partial charge in [0.25, 0.3) is 0 Å². The minimum Gasteiger partial charge on any atom is -0.496 e. The van der Waals surface area contributed by atoms with E-state index < -0.39 is 0 Å². The average Bonchev–Trinajstić information content (AvgIpc) is 3.11. The third-order valence-electron chi connectivity index (χ3n) is 4.58. The van der Waals surface area contributed by atoms with Gasteiger partial charge in [0.1, 0.15) is 5.75 Å². The summed E-state index contributed by atoms with van der Waals surface area (Å²) in [5.41, 5.74) is 2.29. The van der Waals surface area contributed by atoms with Crippen molar-refractivity contribution in [2.45, 2.75) is 24.8 Å². The van der Waals surface area contributed by atoms with Crippen LogP contribution in [0.1, 0.15) is 18.5 Å². The Hall–Kier alpha value is -2.31. The largest absolute Gasteiger partial charge is 0.496 e. The van der Waals surface area contributed by atoms with Gasteiger partial charge < -0.3 is 4.74 Å². The highest BCUT2D eigenvalue weighted by Gasteiger charge is 2.26. The number of thioether (sulfide) groups is 1. The third kappa shape index (κ3) is 3.03. The Morgan fingerprint density at radius 2 is 1.80 bits per heavy atom. The highest BCUT2D eigenvalue weighted by atomic mass is 32.2. The zero-order chi connectivity index (χ0) is 17.2. The van der Waals surface area contributed by atoms with E-state index >= 15 is 0 Å². The lowest BCUT2D eigenvalue weighted by molar-refractivity contribution is 0.182. The standard InChI is InChI=1S/C19H20N4OS/c1-14(15-8-4-3-5-9-15)22-12-23-18(20-21-19(23)25-13-22)16-10-6-7-11-17(16)24-2/h3-11,14H,12-13H2,1-2H3. The van der Waals surface area contributed by atoms with Crippen LogP contribution in [-0.4, -0.2) is 32.7 Å². The number of benzene rings is 2. The Bertz CT molecular complexity index is 865. The van der Waals surface area contributed by atoms with E-state index in [1.807, 2.05) is 24.3 Å². The Labute approximate surface area is 151 Å². The van der Waals surface area contributed by atoms with E-state index in [4.69, 9.17) is 4.74 Å². The smallest absolute Gasteiger partial charge is 0.193 e. The minimum atomic E-state index is 0.328. The van der Waals surface area contributed by atoms with Crippen molar-refractivity contribution in [1.82, 2.24) is 19.7 Å². The van der Waals surface area contributed by atoms with Crippen molar-refractivity contribution in [2.75, 3.05) is 13.0 Å². The normalized spacial score (nSPS) is 15.6. The number of aromatic nitrogens is 3. The summed E-state index contributed by atoms with van der Waals surface area (Å²) in [7, 11) is 1.69. The Morgan fingerprint density at radius 1 is 1.04 bits per heavy atom. The van der Waals surface area contributed by atoms with Gasteiger partial charge in [-0.15, -0.1) is 10.2 Å². The van der Waals surface area contributed by atoms with Gasteiger partial charge in [0.05, 0.1) is 25.2 Å². The van der Waals surface area contributed by atoms with Crippen LogP contribution >= 0.6 is 11.8 Å². The predicted octanol–water partition coefficient (Wildman–Crippen LogP) is 4.04. The molecule has 1 atom stereocenters. The molecular weight excluding hydrogens is 332 g/mol. The molecule has 4 rings (SSSR count). The van der Waals surface area contributed by atoms with Crippen LogP contribution in [0.4, 0.5) is 0 Å². The number of ether oxygens (including phenoxy) is 1. The second-order valence-electron chi connectivity index (χ2n) is 6.02. The molecule has 1 aliphatic heterocycles. The first-order chi connectivity index (χ1) is 12.3. The molecule has 0 bridgehead atoms. The van der Waals surface area contributed by atoms with Crippen molar-refractivity contribution in [3.8, 4) is 17.1 Å². The lowest BCUT2D eigenvalue weighted by Gasteiger charge is -2.33. The van der Waals surface area contributed by atoms with Gasteiger partial charge in [-0.1, -0.05) is 54.2 Å². The SMILES string of the molecule is COc1ccccc1-c1nnc2n1CN(C(C)c1ccccc1)CS2. The number of nitrogens with zero attached hydrogens (tertiary/aromatic N) is 4. The van der Waals surface area contributed by atoms with Gasteiger partial charge in [0.2, 0.25) is 0 Å². The Morgan fingerprint density at radius 3 is 2.60 bits per heavy atom. The van der Waals surface area contributed by atoms with Crippen molar-refractivity contribution in [1.29, 1.82) is 0 Å².